The van der Waals surface area contributed by atoms with Crippen LogP contribution in [-0.2, 0) is 14.4 Å². The van der Waals surface area contributed by atoms with Crippen LogP contribution in [0.25, 0.3) is 5.70 Å². The van der Waals surface area contributed by atoms with Gasteiger partial charge in [0.2, 0.25) is 17.7 Å². The van der Waals surface area contributed by atoms with Crippen LogP contribution in [0.2, 0.25) is 0 Å². The van der Waals surface area contributed by atoms with E-state index in [1.54, 1.807) is 11.8 Å². The summed E-state index contributed by atoms with van der Waals surface area (Å²) in [6.45, 7) is 2.35. The smallest absolute Gasteiger partial charge is 0.247 e. The zero-order valence-corrected chi connectivity index (χ0v) is 22.3. The molecular formula is C26H40N6O4S. The molecule has 8 N–H and O–H groups in total. The number of likely N-dealkylation sites (tertiary alicyclic amines) is 1. The van der Waals surface area contributed by atoms with Gasteiger partial charge in [-0.1, -0.05) is 49.6 Å². The molecule has 1 heterocycles. The third kappa shape index (κ3) is 7.70. The summed E-state index contributed by atoms with van der Waals surface area (Å²) in [5, 5.41) is 24.0. The lowest BCUT2D eigenvalue weighted by Gasteiger charge is -2.35. The molecule has 204 valence electrons. The average molecular weight is 533 g/mol. The highest BCUT2D eigenvalue weighted by molar-refractivity contribution is 8.01. The molecule has 2 fully saturated rings. The lowest BCUT2D eigenvalue weighted by Crippen LogP contribution is -2.58. The predicted molar refractivity (Wildman–Crippen MR) is 145 cm³/mol. The van der Waals surface area contributed by atoms with Crippen LogP contribution >= 0.6 is 11.9 Å². The van der Waals surface area contributed by atoms with Crippen molar-refractivity contribution in [3.63, 3.8) is 0 Å². The van der Waals surface area contributed by atoms with Crippen molar-refractivity contribution < 1.29 is 19.5 Å². The van der Waals surface area contributed by atoms with E-state index in [1.807, 2.05) is 30.3 Å². The molecule has 1 saturated heterocycles. The quantitative estimate of drug-likeness (QED) is 0.230. The van der Waals surface area contributed by atoms with Crippen LogP contribution in [0.4, 0.5) is 0 Å². The monoisotopic (exact) mass is 532 g/mol. The fraction of sp³-hybridized carbons (Fsp3) is 0.577. The normalized spacial score (nSPS) is 20.6. The highest BCUT2D eigenvalue weighted by Crippen LogP contribution is 2.30. The van der Waals surface area contributed by atoms with Crippen LogP contribution in [0.1, 0.15) is 57.4 Å². The fourth-order valence-electron chi connectivity index (χ4n) is 5.09. The van der Waals surface area contributed by atoms with Gasteiger partial charge in [0, 0.05) is 18.7 Å². The summed E-state index contributed by atoms with van der Waals surface area (Å²) < 4.78 is 0. The Morgan fingerprint density at radius 3 is 2.46 bits per heavy atom. The molecule has 3 atom stereocenters. The third-order valence-corrected chi connectivity index (χ3v) is 7.72. The number of amides is 3. The molecule has 0 aromatic heterocycles. The number of rotatable bonds is 11. The Labute approximate surface area is 223 Å². The Kier molecular flexibility index (Phi) is 11.2. The Balaban J connectivity index is 1.76. The van der Waals surface area contributed by atoms with E-state index in [0.717, 1.165) is 49.6 Å². The van der Waals surface area contributed by atoms with Crippen LogP contribution in [-0.4, -0.2) is 65.5 Å². The molecular weight excluding hydrogens is 492 g/mol. The molecule has 0 unspecified atom stereocenters. The summed E-state index contributed by atoms with van der Waals surface area (Å²) in [7, 11) is 0. The van der Waals surface area contributed by atoms with Crippen molar-refractivity contribution >= 4 is 35.4 Å². The maximum atomic E-state index is 13.8. The highest BCUT2D eigenvalue weighted by atomic mass is 32.2. The van der Waals surface area contributed by atoms with Crippen LogP contribution in [0.5, 0.6) is 0 Å². The summed E-state index contributed by atoms with van der Waals surface area (Å²) in [6, 6.07) is 7.30. The fourth-order valence-corrected chi connectivity index (χ4v) is 5.49. The van der Waals surface area contributed by atoms with Crippen molar-refractivity contribution in [2.45, 2.75) is 70.0 Å². The van der Waals surface area contributed by atoms with Gasteiger partial charge in [-0.25, -0.2) is 0 Å². The van der Waals surface area contributed by atoms with Crippen molar-refractivity contribution in [3.8, 4) is 0 Å². The second-order valence-electron chi connectivity index (χ2n) is 9.69. The van der Waals surface area contributed by atoms with E-state index in [0.29, 0.717) is 30.1 Å². The molecule has 3 rings (SSSR count). The van der Waals surface area contributed by atoms with Crippen molar-refractivity contribution in [3.05, 3.63) is 40.9 Å². The SMILES string of the molecule is C[C@@H](NCCO)C(=O)N[C@H](C(=O)N1CCC[C@H]1C(=O)N/C(SN)=C(/N)c1ccccc1)C1CCCCC1. The number of aliphatic hydroxyl groups is 1. The maximum absolute atomic E-state index is 13.8. The topological polar surface area (TPSA) is 163 Å². The van der Waals surface area contributed by atoms with Gasteiger partial charge in [-0.15, -0.1) is 0 Å². The second kappa shape index (κ2) is 14.4. The first-order valence-electron chi connectivity index (χ1n) is 13.0. The maximum Gasteiger partial charge on any atom is 0.247 e. The van der Waals surface area contributed by atoms with Crippen LogP contribution in [0, 0.1) is 5.92 Å². The molecule has 1 aliphatic heterocycles. The van der Waals surface area contributed by atoms with Gasteiger partial charge in [-0.3, -0.25) is 19.5 Å². The molecule has 0 radical (unpaired) electrons. The first kappa shape index (κ1) is 29.0. The number of benzene rings is 1. The number of carbonyl (C=O) groups is 3. The average Bonchev–Trinajstić information content (AvgIpc) is 3.43. The van der Waals surface area contributed by atoms with Gasteiger partial charge in [-0.05, 0) is 50.5 Å². The molecule has 3 amide bonds. The van der Waals surface area contributed by atoms with Gasteiger partial charge in [0.05, 0.1) is 18.3 Å². The first-order chi connectivity index (χ1) is 17.9. The van der Waals surface area contributed by atoms with Gasteiger partial charge >= 0.3 is 0 Å². The Morgan fingerprint density at radius 2 is 1.81 bits per heavy atom. The van der Waals surface area contributed by atoms with E-state index >= 15 is 0 Å². The highest BCUT2D eigenvalue weighted by Gasteiger charge is 2.41. The van der Waals surface area contributed by atoms with E-state index in [-0.39, 0.29) is 36.8 Å². The summed E-state index contributed by atoms with van der Waals surface area (Å²) in [5.41, 5.74) is 7.36. The minimum atomic E-state index is -0.701. The number of nitrogens with two attached hydrogens (primary N) is 2. The molecule has 1 aromatic rings. The van der Waals surface area contributed by atoms with Gasteiger partial charge in [0.25, 0.3) is 0 Å². The van der Waals surface area contributed by atoms with Gasteiger partial charge in [0.1, 0.15) is 17.1 Å². The molecule has 0 bridgehead atoms. The number of nitrogens with one attached hydrogen (secondary N) is 3. The summed E-state index contributed by atoms with van der Waals surface area (Å²) in [4.78, 5) is 41.7. The standard InChI is InChI=1S/C26H40N6O4S/c1-17(29-14-16-33)23(34)30-22(19-11-6-3-7-12-19)26(36)32-15-8-13-20(32)24(35)31-25(37-28)21(27)18-9-4-2-5-10-18/h2,4-5,9-10,17,19-20,22,29,33H,3,6-8,11-16,27-28H2,1H3,(H,30,34)(H,31,35)/b25-21-/t17-,20+,22+/m1/s1. The molecule has 0 spiro atoms. The van der Waals surface area contributed by atoms with Gasteiger partial charge in [-0.2, -0.15) is 0 Å². The van der Waals surface area contributed by atoms with E-state index in [2.05, 4.69) is 16.0 Å². The van der Waals surface area contributed by atoms with Gasteiger partial charge in [0.15, 0.2) is 0 Å². The van der Waals surface area contributed by atoms with E-state index < -0.39 is 18.1 Å². The number of hydrogen-bond donors (Lipinski definition) is 6. The number of carbonyl (C=O) groups excluding carboxylic acids is 3. The van der Waals surface area contributed by atoms with E-state index in [1.165, 1.54) is 0 Å². The number of hydrogen-bond acceptors (Lipinski definition) is 8. The molecule has 1 aliphatic carbocycles. The van der Waals surface area contributed by atoms with Crippen LogP contribution in [0.15, 0.2) is 35.4 Å². The molecule has 1 saturated carbocycles. The summed E-state index contributed by atoms with van der Waals surface area (Å²) in [5.74, 6) is -0.847. The minimum Gasteiger partial charge on any atom is -0.396 e. The van der Waals surface area contributed by atoms with Crippen molar-refractivity contribution in [2.75, 3.05) is 19.7 Å². The molecule has 10 nitrogen and oxygen atoms in total. The van der Waals surface area contributed by atoms with E-state index in [4.69, 9.17) is 16.0 Å². The minimum absolute atomic E-state index is 0.0170. The largest absolute Gasteiger partial charge is 0.396 e. The lowest BCUT2D eigenvalue weighted by atomic mass is 9.83. The van der Waals surface area contributed by atoms with Crippen LogP contribution in [0.3, 0.4) is 0 Å². The second-order valence-corrected chi connectivity index (χ2v) is 10.3. The zero-order chi connectivity index (χ0) is 26.8. The van der Waals surface area contributed by atoms with Crippen molar-refractivity contribution in [1.82, 2.24) is 20.9 Å². The summed E-state index contributed by atoms with van der Waals surface area (Å²) >= 11 is 0.854. The van der Waals surface area contributed by atoms with Crippen molar-refractivity contribution in [1.29, 1.82) is 0 Å². The lowest BCUT2D eigenvalue weighted by molar-refractivity contribution is -0.143. The molecule has 37 heavy (non-hydrogen) atoms. The predicted octanol–water partition coefficient (Wildman–Crippen LogP) is 1.02. The first-order valence-corrected chi connectivity index (χ1v) is 13.9. The zero-order valence-electron chi connectivity index (χ0n) is 21.4. The van der Waals surface area contributed by atoms with Crippen LogP contribution < -0.4 is 26.8 Å². The molecule has 1 aromatic carbocycles. The Hall–Kier alpha value is -2.60. The Morgan fingerprint density at radius 1 is 1.11 bits per heavy atom. The number of nitrogens with zero attached hydrogens (tertiary/aromatic N) is 1. The molecule has 2 aliphatic rings. The van der Waals surface area contributed by atoms with E-state index in [9.17, 15) is 14.4 Å². The summed E-state index contributed by atoms with van der Waals surface area (Å²) in [6.07, 6.45) is 6.04. The number of aliphatic hydroxyl groups excluding tert-OH is 1. The Bertz CT molecular complexity index is 954. The van der Waals surface area contributed by atoms with Gasteiger partial charge < -0.3 is 31.7 Å². The van der Waals surface area contributed by atoms with Crippen molar-refractivity contribution in [2.24, 2.45) is 16.8 Å². The molecule has 11 heteroatoms. The third-order valence-electron chi connectivity index (χ3n) is 7.16.